The van der Waals surface area contributed by atoms with Gasteiger partial charge in [-0.3, -0.25) is 0 Å². The van der Waals surface area contributed by atoms with E-state index in [0.29, 0.717) is 5.56 Å². The highest BCUT2D eigenvalue weighted by Crippen LogP contribution is 1.98. The quantitative estimate of drug-likeness (QED) is 0.315. The third kappa shape index (κ3) is 1.19. The second kappa shape index (κ2) is 2.77. The molecule has 0 fully saturated rings. The summed E-state index contributed by atoms with van der Waals surface area (Å²) in [5.74, 6) is 0.243. The molecular formula is C5H5N4O. The summed E-state index contributed by atoms with van der Waals surface area (Å²) in [5.41, 5.74) is 5.70. The summed E-state index contributed by atoms with van der Waals surface area (Å²) < 4.78 is 0. The third-order valence-corrected chi connectivity index (χ3v) is 0.902. The molecule has 1 aromatic rings. The van der Waals surface area contributed by atoms with Crippen LogP contribution in [0.5, 0.6) is 0 Å². The first-order valence-electron chi connectivity index (χ1n) is 2.50. The molecule has 1 radical (unpaired) electrons. The van der Waals surface area contributed by atoms with Gasteiger partial charge in [0.2, 0.25) is 0 Å². The van der Waals surface area contributed by atoms with Gasteiger partial charge in [-0.15, -0.1) is 0 Å². The smallest absolute Gasteiger partial charge is 0.136 e. The molecule has 0 unspecified atom stereocenters. The molecule has 0 aliphatic heterocycles. The lowest BCUT2D eigenvalue weighted by molar-refractivity contribution is 0.322. The van der Waals surface area contributed by atoms with Crippen molar-refractivity contribution in [3.05, 3.63) is 18.1 Å². The lowest BCUT2D eigenvalue weighted by Gasteiger charge is -1.91. The fraction of sp³-hybridized carbons (Fsp3) is 0. The minimum absolute atomic E-state index is 0.243. The standard InChI is InChI=1S/C5H5N4O/c6-5-4(2-9-10)1-7-3-8-5/h2-3,10H,(H2,6,7,8). The minimum atomic E-state index is 0.243. The number of hydrogen-bond acceptors (Lipinski definition) is 5. The lowest BCUT2D eigenvalue weighted by Crippen LogP contribution is -1.97. The molecule has 0 saturated heterocycles. The van der Waals surface area contributed by atoms with Crippen molar-refractivity contribution in [3.63, 3.8) is 0 Å². The van der Waals surface area contributed by atoms with Crippen LogP contribution in [0.4, 0.5) is 5.82 Å². The van der Waals surface area contributed by atoms with Crippen molar-refractivity contribution in [2.24, 2.45) is 5.16 Å². The van der Waals surface area contributed by atoms with Crippen LogP contribution in [0.15, 0.2) is 11.5 Å². The number of nitrogen functional groups attached to an aromatic ring is 1. The molecular weight excluding hydrogens is 132 g/mol. The molecule has 1 rings (SSSR count). The van der Waals surface area contributed by atoms with Crippen LogP contribution in [0.1, 0.15) is 5.56 Å². The van der Waals surface area contributed by atoms with Gasteiger partial charge in [-0.25, -0.2) is 9.97 Å². The van der Waals surface area contributed by atoms with Crippen molar-refractivity contribution in [2.45, 2.75) is 0 Å². The third-order valence-electron chi connectivity index (χ3n) is 0.902. The Morgan fingerprint density at radius 3 is 3.20 bits per heavy atom. The van der Waals surface area contributed by atoms with E-state index in [1.807, 2.05) is 0 Å². The van der Waals surface area contributed by atoms with Crippen LogP contribution in [0.2, 0.25) is 0 Å². The van der Waals surface area contributed by atoms with E-state index in [2.05, 4.69) is 21.3 Å². The Hall–Kier alpha value is -1.65. The maximum Gasteiger partial charge on any atom is 0.136 e. The molecule has 5 heteroatoms. The molecule has 3 N–H and O–H groups in total. The van der Waals surface area contributed by atoms with Crippen molar-refractivity contribution in [1.82, 2.24) is 9.97 Å². The van der Waals surface area contributed by atoms with Crippen LogP contribution in [0, 0.1) is 6.20 Å². The van der Waals surface area contributed by atoms with Crippen molar-refractivity contribution < 1.29 is 5.21 Å². The molecule has 0 bridgehead atoms. The zero-order valence-electron chi connectivity index (χ0n) is 5.02. The summed E-state index contributed by atoms with van der Waals surface area (Å²) in [5, 5.41) is 10.8. The summed E-state index contributed by atoms with van der Waals surface area (Å²) >= 11 is 0. The molecule has 0 aliphatic carbocycles. The summed E-state index contributed by atoms with van der Waals surface area (Å²) in [4.78, 5) is 7.18. The zero-order valence-corrected chi connectivity index (χ0v) is 5.02. The molecule has 0 aromatic carbocycles. The SMILES string of the molecule is Nc1ncn[c]c1C=NO. The van der Waals surface area contributed by atoms with E-state index >= 15 is 0 Å². The topological polar surface area (TPSA) is 84.4 Å². The number of nitrogens with zero attached hydrogens (tertiary/aromatic N) is 3. The Bertz CT molecular complexity index is 247. The Morgan fingerprint density at radius 2 is 2.60 bits per heavy atom. The fourth-order valence-corrected chi connectivity index (χ4v) is 0.469. The normalized spacial score (nSPS) is 10.4. The van der Waals surface area contributed by atoms with Crippen molar-refractivity contribution in [1.29, 1.82) is 0 Å². The van der Waals surface area contributed by atoms with Crippen molar-refractivity contribution >= 4 is 12.0 Å². The average molecular weight is 137 g/mol. The molecule has 0 aliphatic rings. The number of nitrogens with two attached hydrogens (primary N) is 1. The predicted octanol–water partition coefficient (Wildman–Crippen LogP) is -0.333. The van der Waals surface area contributed by atoms with Crippen molar-refractivity contribution in [3.8, 4) is 0 Å². The number of hydrogen-bond donors (Lipinski definition) is 2. The molecule has 0 amide bonds. The van der Waals surface area contributed by atoms with Gasteiger partial charge in [0.25, 0.3) is 0 Å². The van der Waals surface area contributed by atoms with E-state index in [1.165, 1.54) is 6.33 Å². The molecule has 5 nitrogen and oxygen atoms in total. The van der Waals surface area contributed by atoms with E-state index < -0.39 is 0 Å². The maximum atomic E-state index is 8.08. The number of aromatic nitrogens is 2. The molecule has 10 heavy (non-hydrogen) atoms. The van der Waals surface area contributed by atoms with Crippen LogP contribution in [-0.4, -0.2) is 21.4 Å². The summed E-state index contributed by atoms with van der Waals surface area (Å²) in [6, 6.07) is 0. The van der Waals surface area contributed by atoms with Gasteiger partial charge in [-0.1, -0.05) is 5.16 Å². The van der Waals surface area contributed by atoms with Gasteiger partial charge in [0, 0.05) is 0 Å². The van der Waals surface area contributed by atoms with E-state index in [0.717, 1.165) is 6.21 Å². The summed E-state index contributed by atoms with van der Waals surface area (Å²) in [6.45, 7) is 0. The second-order valence-corrected chi connectivity index (χ2v) is 1.53. The van der Waals surface area contributed by atoms with Crippen LogP contribution >= 0.6 is 0 Å². The van der Waals surface area contributed by atoms with Crippen LogP contribution in [0.3, 0.4) is 0 Å². The van der Waals surface area contributed by atoms with E-state index in [4.69, 9.17) is 10.9 Å². The van der Waals surface area contributed by atoms with E-state index in [-0.39, 0.29) is 5.82 Å². The first-order chi connectivity index (χ1) is 4.84. The Morgan fingerprint density at radius 1 is 1.80 bits per heavy atom. The highest BCUT2D eigenvalue weighted by Gasteiger charge is 1.94. The highest BCUT2D eigenvalue weighted by molar-refractivity contribution is 5.83. The van der Waals surface area contributed by atoms with Gasteiger partial charge in [0.05, 0.1) is 11.8 Å². The summed E-state index contributed by atoms with van der Waals surface area (Å²) in [7, 11) is 0. The van der Waals surface area contributed by atoms with Gasteiger partial charge < -0.3 is 10.9 Å². The van der Waals surface area contributed by atoms with Crippen LogP contribution < -0.4 is 5.73 Å². The van der Waals surface area contributed by atoms with Gasteiger partial charge in [0.1, 0.15) is 18.3 Å². The van der Waals surface area contributed by atoms with E-state index in [9.17, 15) is 0 Å². The van der Waals surface area contributed by atoms with Gasteiger partial charge in [-0.05, 0) is 0 Å². The number of rotatable bonds is 1. The maximum absolute atomic E-state index is 8.08. The van der Waals surface area contributed by atoms with Gasteiger partial charge in [-0.2, -0.15) is 0 Å². The lowest BCUT2D eigenvalue weighted by atomic mass is 10.3. The van der Waals surface area contributed by atoms with E-state index in [1.54, 1.807) is 0 Å². The monoisotopic (exact) mass is 137 g/mol. The first-order valence-corrected chi connectivity index (χ1v) is 2.50. The zero-order chi connectivity index (χ0) is 7.40. The molecule has 0 saturated carbocycles. The second-order valence-electron chi connectivity index (χ2n) is 1.53. The summed E-state index contributed by atoms with van der Waals surface area (Å²) in [6.07, 6.45) is 4.88. The van der Waals surface area contributed by atoms with Crippen LogP contribution in [0.25, 0.3) is 0 Å². The molecule has 51 valence electrons. The largest absolute Gasteiger partial charge is 0.411 e. The number of anilines is 1. The first kappa shape index (κ1) is 6.47. The molecule has 0 spiro atoms. The minimum Gasteiger partial charge on any atom is -0.411 e. The molecule has 0 atom stereocenters. The van der Waals surface area contributed by atoms with Crippen molar-refractivity contribution in [2.75, 3.05) is 5.73 Å². The molecule has 1 aromatic heterocycles. The van der Waals surface area contributed by atoms with Gasteiger partial charge in [0.15, 0.2) is 0 Å². The fourth-order valence-electron chi connectivity index (χ4n) is 0.469. The Balaban J connectivity index is 3.03. The molecule has 1 heterocycles. The Kier molecular flexibility index (Phi) is 1.79. The predicted molar refractivity (Wildman–Crippen MR) is 34.7 cm³/mol. The average Bonchev–Trinajstić information content (AvgIpc) is 1.94. The highest BCUT2D eigenvalue weighted by atomic mass is 16.4. The van der Waals surface area contributed by atoms with Gasteiger partial charge >= 0.3 is 0 Å². The Labute approximate surface area is 57.2 Å². The van der Waals surface area contributed by atoms with Crippen LogP contribution in [-0.2, 0) is 0 Å². The number of oxime groups is 1.